The zero-order valence-corrected chi connectivity index (χ0v) is 10.5. The lowest BCUT2D eigenvalue weighted by molar-refractivity contribution is -0.111. The van der Waals surface area contributed by atoms with Crippen molar-refractivity contribution in [2.24, 2.45) is 4.99 Å². The van der Waals surface area contributed by atoms with Crippen molar-refractivity contribution >= 4 is 24.4 Å². The maximum atomic E-state index is 10.5. The third-order valence-electron chi connectivity index (χ3n) is 2.26. The number of rotatable bonds is 1. The summed E-state index contributed by atoms with van der Waals surface area (Å²) < 4.78 is 0. The number of nitrogens with one attached hydrogen (secondary N) is 1. The van der Waals surface area contributed by atoms with Crippen molar-refractivity contribution in [3.63, 3.8) is 0 Å². The van der Waals surface area contributed by atoms with Gasteiger partial charge in [-0.05, 0) is 31.1 Å². The molecular weight excluding hydrogens is 213 g/mol. The van der Waals surface area contributed by atoms with E-state index in [1.165, 1.54) is 5.56 Å². The van der Waals surface area contributed by atoms with Gasteiger partial charge in [0, 0.05) is 26.2 Å². The second kappa shape index (κ2) is 6.83. The number of nitrogens with zero attached hydrogens (tertiary/aromatic N) is 2. The molecule has 0 aliphatic carbocycles. The van der Waals surface area contributed by atoms with Crippen LogP contribution in [-0.2, 0) is 4.79 Å². The van der Waals surface area contributed by atoms with Gasteiger partial charge >= 0.3 is 0 Å². The molecule has 1 aliphatic rings. The molecule has 0 amide bonds. The first-order valence-corrected chi connectivity index (χ1v) is 5.61. The van der Waals surface area contributed by atoms with Crippen LogP contribution < -0.4 is 5.32 Å². The van der Waals surface area contributed by atoms with E-state index < -0.39 is 0 Å². The summed E-state index contributed by atoms with van der Waals surface area (Å²) in [5.41, 5.74) is 2.26. The molecule has 1 N–H and O–H groups in total. The Hall–Kier alpha value is -1.65. The molecule has 1 aromatic rings. The summed E-state index contributed by atoms with van der Waals surface area (Å²) in [6.45, 7) is 4.55. The molecule has 1 radical (unpaired) electrons. The van der Waals surface area contributed by atoms with E-state index in [4.69, 9.17) is 0 Å². The molecule has 4 nitrogen and oxygen atoms in total. The van der Waals surface area contributed by atoms with Crippen LogP contribution in [-0.4, -0.2) is 37.1 Å². The molecule has 0 atom stereocenters. The highest BCUT2D eigenvalue weighted by atomic mass is 16.1. The summed E-state index contributed by atoms with van der Waals surface area (Å²) in [6.07, 6.45) is 2.43. The monoisotopic (exact) mass is 230 g/mol. The molecule has 17 heavy (non-hydrogen) atoms. The highest BCUT2D eigenvalue weighted by Crippen LogP contribution is 2.01. The van der Waals surface area contributed by atoms with Gasteiger partial charge in [0.05, 0.1) is 5.68 Å². The highest BCUT2D eigenvalue weighted by molar-refractivity contribution is 6.98. The fraction of sp³-hybridized carbons (Fsp3) is 0.417. The van der Waals surface area contributed by atoms with Gasteiger partial charge in [-0.25, -0.2) is 4.98 Å². The van der Waals surface area contributed by atoms with E-state index in [2.05, 4.69) is 15.3 Å². The fourth-order valence-electron chi connectivity index (χ4n) is 1.31. The van der Waals surface area contributed by atoms with Crippen LogP contribution in [0.1, 0.15) is 18.9 Å². The van der Waals surface area contributed by atoms with Crippen molar-refractivity contribution in [1.29, 1.82) is 0 Å². The third kappa shape index (κ3) is 5.29. The summed E-state index contributed by atoms with van der Waals surface area (Å²) in [6, 6.07) is 3.98. The molecule has 0 bridgehead atoms. The van der Waals surface area contributed by atoms with Crippen molar-refractivity contribution in [1.82, 2.24) is 4.98 Å². The van der Waals surface area contributed by atoms with Gasteiger partial charge < -0.3 is 15.1 Å². The smallest absolute Gasteiger partial charge is 0.259 e. The summed E-state index contributed by atoms with van der Waals surface area (Å²) in [7, 11) is 3.45. The summed E-state index contributed by atoms with van der Waals surface area (Å²) >= 11 is 0. The van der Waals surface area contributed by atoms with E-state index in [9.17, 15) is 4.79 Å². The van der Waals surface area contributed by atoms with Crippen LogP contribution >= 0.6 is 0 Å². The van der Waals surface area contributed by atoms with Crippen molar-refractivity contribution in [2.75, 3.05) is 18.9 Å². The van der Waals surface area contributed by atoms with Crippen molar-refractivity contribution < 1.29 is 4.79 Å². The number of aliphatic imine (C=N–C) groups is 1. The normalized spacial score (nSPS) is 14.1. The minimum Gasteiger partial charge on any atom is -0.373 e. The molecule has 0 fully saturated rings. The Morgan fingerprint density at radius 2 is 2.12 bits per heavy atom. The Morgan fingerprint density at radius 1 is 1.35 bits per heavy atom. The van der Waals surface area contributed by atoms with Gasteiger partial charge in [0.2, 0.25) is 0 Å². The van der Waals surface area contributed by atoms with Crippen LogP contribution in [0.3, 0.4) is 0 Å². The number of anilines is 1. The van der Waals surface area contributed by atoms with Gasteiger partial charge in [0.15, 0.2) is 0 Å². The number of hydrogen-bond donors (Lipinski definition) is 1. The van der Waals surface area contributed by atoms with E-state index in [1.807, 2.05) is 39.2 Å². The molecule has 2 heterocycles. The fourth-order valence-corrected chi connectivity index (χ4v) is 1.31. The first-order valence-electron chi connectivity index (χ1n) is 5.61. The topological polar surface area (TPSA) is 54.4 Å². The van der Waals surface area contributed by atoms with E-state index in [0.29, 0.717) is 13.0 Å². The Morgan fingerprint density at radius 3 is 2.53 bits per heavy atom. The predicted molar refractivity (Wildman–Crippen MR) is 71.9 cm³/mol. The van der Waals surface area contributed by atoms with Crippen LogP contribution in [0.15, 0.2) is 23.3 Å². The molecule has 0 unspecified atom stereocenters. The summed E-state index contributed by atoms with van der Waals surface area (Å²) in [5, 5.41) is 2.94. The SMILES string of the molecule is CC1=NCCC(=O)[B]1.CNc1ccc(C)cn1. The van der Waals surface area contributed by atoms with Gasteiger partial charge in [0.1, 0.15) is 5.82 Å². The average Bonchev–Trinajstić information content (AvgIpc) is 2.30. The molecule has 0 aromatic carbocycles. The van der Waals surface area contributed by atoms with E-state index in [-0.39, 0.29) is 5.68 Å². The largest absolute Gasteiger partial charge is 0.373 e. The zero-order valence-electron chi connectivity index (χ0n) is 10.5. The van der Waals surface area contributed by atoms with Crippen molar-refractivity contribution in [2.45, 2.75) is 20.3 Å². The van der Waals surface area contributed by atoms with Crippen LogP contribution in [0.2, 0.25) is 0 Å². The average molecular weight is 230 g/mol. The predicted octanol–water partition coefficient (Wildman–Crippen LogP) is 1.47. The van der Waals surface area contributed by atoms with Gasteiger partial charge in [-0.15, -0.1) is 0 Å². The van der Waals surface area contributed by atoms with E-state index >= 15 is 0 Å². The van der Waals surface area contributed by atoms with Crippen molar-refractivity contribution in [3.8, 4) is 0 Å². The molecule has 1 aromatic heterocycles. The Balaban J connectivity index is 0.000000171. The highest BCUT2D eigenvalue weighted by Gasteiger charge is 2.09. The van der Waals surface area contributed by atoms with Gasteiger partial charge in [-0.3, -0.25) is 0 Å². The molecule has 2 rings (SSSR count). The lowest BCUT2D eigenvalue weighted by atomic mass is 9.66. The number of pyridine rings is 1. The van der Waals surface area contributed by atoms with Gasteiger partial charge in [-0.1, -0.05) is 6.07 Å². The number of carbonyl (C=O) groups is 1. The quantitative estimate of drug-likeness (QED) is 0.743. The summed E-state index contributed by atoms with van der Waals surface area (Å²) in [4.78, 5) is 18.6. The van der Waals surface area contributed by atoms with E-state index in [0.717, 1.165) is 11.4 Å². The minimum absolute atomic E-state index is 0.206. The molecule has 0 saturated carbocycles. The maximum Gasteiger partial charge on any atom is 0.259 e. The Kier molecular flexibility index (Phi) is 5.40. The van der Waals surface area contributed by atoms with Gasteiger partial charge in [-0.2, -0.15) is 0 Å². The molecule has 89 valence electrons. The number of hydrogen-bond acceptors (Lipinski definition) is 4. The maximum absolute atomic E-state index is 10.5. The first kappa shape index (κ1) is 13.4. The number of carbonyl (C=O) groups excluding carboxylic acids is 1. The number of aromatic nitrogens is 1. The van der Waals surface area contributed by atoms with Crippen LogP contribution in [0.4, 0.5) is 5.82 Å². The third-order valence-corrected chi connectivity index (χ3v) is 2.26. The first-order chi connectivity index (χ1) is 8.11. The Labute approximate surface area is 103 Å². The minimum atomic E-state index is 0.206. The van der Waals surface area contributed by atoms with Crippen LogP contribution in [0.25, 0.3) is 0 Å². The zero-order chi connectivity index (χ0) is 12.7. The van der Waals surface area contributed by atoms with Gasteiger partial charge in [0.25, 0.3) is 7.28 Å². The Bertz CT molecular complexity index is 401. The standard InChI is InChI=1S/C7H10N2.C5H7BNO/c1-6-3-4-7(8-2)9-5-6;1-4-6-5(8)2-3-7-4/h3-5H,1-2H3,(H,8,9);2-3H2,1H3. The molecule has 0 spiro atoms. The second-order valence-corrected chi connectivity index (χ2v) is 3.85. The molecule has 5 heteroatoms. The lowest BCUT2D eigenvalue weighted by Gasteiger charge is -2.03. The summed E-state index contributed by atoms with van der Waals surface area (Å²) in [5.74, 6) is 0.917. The second-order valence-electron chi connectivity index (χ2n) is 3.85. The van der Waals surface area contributed by atoms with E-state index in [1.54, 1.807) is 7.28 Å². The van der Waals surface area contributed by atoms with Crippen LogP contribution in [0.5, 0.6) is 0 Å². The number of aryl methyl sites for hydroxylation is 1. The van der Waals surface area contributed by atoms with Crippen LogP contribution in [0, 0.1) is 6.92 Å². The molecule has 0 saturated heterocycles. The van der Waals surface area contributed by atoms with Crippen molar-refractivity contribution in [3.05, 3.63) is 23.9 Å². The molecule has 1 aliphatic heterocycles. The molecular formula is C12H17BN3O. The lowest BCUT2D eigenvalue weighted by Crippen LogP contribution is -2.23.